The van der Waals surface area contributed by atoms with E-state index in [0.29, 0.717) is 6.67 Å². The molecule has 1 aliphatic heterocycles. The standard InChI is InChI=1S/C21H20N2O/c1-2-22(14-16-8-4-3-5-9-16)15-23-19-13-7-11-17-10-6-12-18(20(17)19)21(23)24/h3-13H,2,14-15H2,1H3/p+1. The normalized spacial score (nSPS) is 14.4. The number of carbonyl (C=O) groups excluding carboxylic acids is 1. The van der Waals surface area contributed by atoms with Gasteiger partial charge >= 0.3 is 0 Å². The molecule has 4 rings (SSSR count). The van der Waals surface area contributed by atoms with E-state index >= 15 is 0 Å². The lowest BCUT2D eigenvalue weighted by Crippen LogP contribution is -3.12. The molecule has 0 aromatic heterocycles. The number of nitrogens with one attached hydrogen (secondary N) is 1. The number of benzene rings is 3. The zero-order valence-electron chi connectivity index (χ0n) is 13.8. The lowest BCUT2D eigenvalue weighted by molar-refractivity contribution is -0.910. The van der Waals surface area contributed by atoms with Crippen molar-refractivity contribution < 1.29 is 9.69 Å². The van der Waals surface area contributed by atoms with Gasteiger partial charge in [0.1, 0.15) is 6.54 Å². The van der Waals surface area contributed by atoms with E-state index in [1.807, 2.05) is 29.2 Å². The summed E-state index contributed by atoms with van der Waals surface area (Å²) in [5, 5.41) is 2.24. The molecule has 1 amide bonds. The van der Waals surface area contributed by atoms with Crippen molar-refractivity contribution in [3.05, 3.63) is 77.9 Å². The van der Waals surface area contributed by atoms with E-state index in [0.717, 1.165) is 35.1 Å². The molecule has 0 fully saturated rings. The van der Waals surface area contributed by atoms with Gasteiger partial charge in [-0.3, -0.25) is 9.69 Å². The van der Waals surface area contributed by atoms with Crippen molar-refractivity contribution in [1.82, 2.24) is 0 Å². The van der Waals surface area contributed by atoms with Crippen LogP contribution in [0.15, 0.2) is 66.7 Å². The van der Waals surface area contributed by atoms with Crippen LogP contribution in [0.3, 0.4) is 0 Å². The quantitative estimate of drug-likeness (QED) is 0.769. The molecule has 0 radical (unpaired) electrons. The third kappa shape index (κ3) is 2.47. The minimum atomic E-state index is 0.126. The van der Waals surface area contributed by atoms with Crippen molar-refractivity contribution in [2.24, 2.45) is 0 Å². The molecule has 1 unspecified atom stereocenters. The highest BCUT2D eigenvalue weighted by Crippen LogP contribution is 2.36. The maximum absolute atomic E-state index is 12.9. The summed E-state index contributed by atoms with van der Waals surface area (Å²) in [5.41, 5.74) is 3.18. The number of carbonyl (C=O) groups is 1. The summed E-state index contributed by atoms with van der Waals surface area (Å²) < 4.78 is 0. The molecular formula is C21H21N2O+. The molecule has 1 aliphatic rings. The molecule has 0 aliphatic carbocycles. The smallest absolute Gasteiger partial charge is 0.263 e. The molecule has 1 heterocycles. The first-order chi connectivity index (χ1) is 11.8. The van der Waals surface area contributed by atoms with Gasteiger partial charge in [0.25, 0.3) is 5.91 Å². The second kappa shape index (κ2) is 6.10. The first-order valence-corrected chi connectivity index (χ1v) is 8.49. The van der Waals surface area contributed by atoms with Crippen molar-refractivity contribution in [3.8, 4) is 0 Å². The van der Waals surface area contributed by atoms with Crippen LogP contribution in [0.1, 0.15) is 22.8 Å². The number of hydrogen-bond acceptors (Lipinski definition) is 1. The number of anilines is 1. The Morgan fingerprint density at radius 2 is 1.67 bits per heavy atom. The van der Waals surface area contributed by atoms with Gasteiger partial charge in [-0.2, -0.15) is 0 Å². The van der Waals surface area contributed by atoms with Gasteiger partial charge in [0.05, 0.1) is 17.8 Å². The third-order valence-electron chi connectivity index (χ3n) is 4.83. The van der Waals surface area contributed by atoms with Crippen LogP contribution in [-0.4, -0.2) is 19.1 Å². The van der Waals surface area contributed by atoms with Gasteiger partial charge in [-0.25, -0.2) is 0 Å². The number of quaternary nitrogens is 1. The summed E-state index contributed by atoms with van der Waals surface area (Å²) in [6.45, 7) is 4.77. The Kier molecular flexibility index (Phi) is 3.79. The van der Waals surface area contributed by atoms with Gasteiger partial charge < -0.3 is 4.90 Å². The van der Waals surface area contributed by atoms with E-state index in [1.165, 1.54) is 10.5 Å². The van der Waals surface area contributed by atoms with E-state index < -0.39 is 0 Å². The predicted molar refractivity (Wildman–Crippen MR) is 97.3 cm³/mol. The van der Waals surface area contributed by atoms with Crippen LogP contribution in [-0.2, 0) is 6.54 Å². The second-order valence-corrected chi connectivity index (χ2v) is 6.34. The molecule has 0 saturated carbocycles. The molecule has 3 heteroatoms. The Balaban J connectivity index is 1.63. The Morgan fingerprint density at radius 1 is 0.917 bits per heavy atom. The molecule has 0 spiro atoms. The first kappa shape index (κ1) is 14.9. The van der Waals surface area contributed by atoms with Crippen LogP contribution in [0.25, 0.3) is 10.8 Å². The van der Waals surface area contributed by atoms with Crippen molar-refractivity contribution >= 4 is 22.4 Å². The molecule has 0 bridgehead atoms. The third-order valence-corrected chi connectivity index (χ3v) is 4.83. The molecule has 3 aromatic rings. The number of hydrogen-bond donors (Lipinski definition) is 1. The van der Waals surface area contributed by atoms with Crippen molar-refractivity contribution in [3.63, 3.8) is 0 Å². The molecule has 1 atom stereocenters. The second-order valence-electron chi connectivity index (χ2n) is 6.34. The van der Waals surface area contributed by atoms with E-state index in [9.17, 15) is 4.79 Å². The van der Waals surface area contributed by atoms with Crippen LogP contribution in [0.4, 0.5) is 5.69 Å². The lowest BCUT2D eigenvalue weighted by atomic mass is 10.1. The van der Waals surface area contributed by atoms with Crippen LogP contribution < -0.4 is 9.80 Å². The maximum Gasteiger partial charge on any atom is 0.263 e. The number of amides is 1. The average Bonchev–Trinajstić information content (AvgIpc) is 2.90. The minimum absolute atomic E-state index is 0.126. The number of nitrogens with zero attached hydrogens (tertiary/aromatic N) is 1. The fourth-order valence-corrected chi connectivity index (χ4v) is 3.54. The van der Waals surface area contributed by atoms with Crippen molar-refractivity contribution in [2.75, 3.05) is 18.1 Å². The van der Waals surface area contributed by atoms with Gasteiger partial charge in [0.15, 0.2) is 6.67 Å². The molecule has 24 heavy (non-hydrogen) atoms. The van der Waals surface area contributed by atoms with Gasteiger partial charge in [0.2, 0.25) is 0 Å². The largest absolute Gasteiger partial charge is 0.314 e. The summed E-state index contributed by atoms with van der Waals surface area (Å²) >= 11 is 0. The van der Waals surface area contributed by atoms with Crippen LogP contribution >= 0.6 is 0 Å². The van der Waals surface area contributed by atoms with Gasteiger partial charge in [-0.05, 0) is 24.4 Å². The summed E-state index contributed by atoms with van der Waals surface area (Å²) in [6, 6.07) is 22.6. The summed E-state index contributed by atoms with van der Waals surface area (Å²) in [5.74, 6) is 0.126. The van der Waals surface area contributed by atoms with Gasteiger partial charge in [0, 0.05) is 10.9 Å². The van der Waals surface area contributed by atoms with E-state index in [1.54, 1.807) is 0 Å². The fraction of sp³-hybridized carbons (Fsp3) is 0.190. The van der Waals surface area contributed by atoms with Crippen molar-refractivity contribution in [2.45, 2.75) is 13.5 Å². The van der Waals surface area contributed by atoms with Gasteiger partial charge in [-0.1, -0.05) is 54.6 Å². The Morgan fingerprint density at radius 3 is 2.42 bits per heavy atom. The molecule has 120 valence electrons. The monoisotopic (exact) mass is 317 g/mol. The topological polar surface area (TPSA) is 24.8 Å². The average molecular weight is 317 g/mol. The van der Waals surface area contributed by atoms with Crippen LogP contribution in [0.2, 0.25) is 0 Å². The van der Waals surface area contributed by atoms with Crippen LogP contribution in [0, 0.1) is 0 Å². The first-order valence-electron chi connectivity index (χ1n) is 8.49. The van der Waals surface area contributed by atoms with E-state index in [2.05, 4.69) is 49.4 Å². The van der Waals surface area contributed by atoms with E-state index in [-0.39, 0.29) is 5.91 Å². The highest BCUT2D eigenvalue weighted by Gasteiger charge is 2.31. The van der Waals surface area contributed by atoms with Gasteiger partial charge in [-0.15, -0.1) is 0 Å². The lowest BCUT2D eigenvalue weighted by Gasteiger charge is -2.24. The molecular weight excluding hydrogens is 296 g/mol. The summed E-state index contributed by atoms with van der Waals surface area (Å²) in [6.07, 6.45) is 0. The molecule has 0 saturated heterocycles. The van der Waals surface area contributed by atoms with E-state index in [4.69, 9.17) is 0 Å². The Bertz CT molecular complexity index is 883. The summed E-state index contributed by atoms with van der Waals surface area (Å²) in [4.78, 5) is 16.2. The zero-order chi connectivity index (χ0) is 16.5. The SMILES string of the molecule is CC[NH+](Cc1ccccc1)CN1C(=O)c2cccc3cccc1c23. The van der Waals surface area contributed by atoms with Crippen molar-refractivity contribution in [1.29, 1.82) is 0 Å². The highest BCUT2D eigenvalue weighted by molar-refractivity contribution is 6.24. The number of rotatable bonds is 5. The predicted octanol–water partition coefficient (Wildman–Crippen LogP) is 2.86. The molecule has 1 N–H and O–H groups in total. The Hall–Kier alpha value is -2.65. The minimum Gasteiger partial charge on any atom is -0.314 e. The zero-order valence-corrected chi connectivity index (χ0v) is 13.8. The molecule has 3 aromatic carbocycles. The fourth-order valence-electron chi connectivity index (χ4n) is 3.54. The highest BCUT2D eigenvalue weighted by atomic mass is 16.2. The maximum atomic E-state index is 12.9. The van der Waals surface area contributed by atoms with Crippen LogP contribution in [0.5, 0.6) is 0 Å². The Labute approximate surface area is 142 Å². The molecule has 3 nitrogen and oxygen atoms in total. The summed E-state index contributed by atoms with van der Waals surface area (Å²) in [7, 11) is 0.